The molecule has 0 unspecified atom stereocenters. The maximum atomic E-state index is 11.9. The number of aryl methyl sites for hydroxylation is 2. The van der Waals surface area contributed by atoms with Crippen LogP contribution in [-0.4, -0.2) is 16.3 Å². The molecule has 0 atom stereocenters. The third kappa shape index (κ3) is 3.28. The van der Waals surface area contributed by atoms with E-state index in [4.69, 9.17) is 0 Å². The van der Waals surface area contributed by atoms with Gasteiger partial charge in [-0.25, -0.2) is 4.68 Å². The molecular weight excluding hydrogens is 318 g/mol. The van der Waals surface area contributed by atoms with Gasteiger partial charge in [-0.3, -0.25) is 4.79 Å². The number of rotatable bonds is 5. The van der Waals surface area contributed by atoms with Crippen molar-refractivity contribution in [1.29, 1.82) is 0 Å². The molecule has 0 saturated carbocycles. The molecule has 2 rings (SSSR count). The molecule has 2 aromatic rings. The number of nitrogens with zero attached hydrogens (tertiary/aromatic N) is 2. The Morgan fingerprint density at radius 2 is 2.10 bits per heavy atom. The van der Waals surface area contributed by atoms with Crippen LogP contribution < -0.4 is 10.9 Å². The van der Waals surface area contributed by atoms with Crippen LogP contribution in [0.25, 0.3) is 0 Å². The molecule has 1 aromatic carbocycles. The minimum absolute atomic E-state index is 0.103. The summed E-state index contributed by atoms with van der Waals surface area (Å²) in [6, 6.07) is 8.31. The van der Waals surface area contributed by atoms with E-state index in [9.17, 15) is 4.79 Å². The second-order valence-corrected chi connectivity index (χ2v) is 5.39. The van der Waals surface area contributed by atoms with E-state index in [0.717, 1.165) is 18.7 Å². The third-order valence-electron chi connectivity index (χ3n) is 3.26. The topological polar surface area (TPSA) is 46.9 Å². The van der Waals surface area contributed by atoms with Crippen LogP contribution in [0.2, 0.25) is 0 Å². The van der Waals surface area contributed by atoms with Gasteiger partial charge in [0.05, 0.1) is 11.9 Å². The molecule has 1 heterocycles. The minimum atomic E-state index is -0.103. The van der Waals surface area contributed by atoms with Crippen molar-refractivity contribution >= 4 is 21.6 Å². The summed E-state index contributed by atoms with van der Waals surface area (Å²) in [4.78, 5) is 11.9. The SMILES string of the molecule is CCn1ncc(NCCc2ccccc2C)c(Br)c1=O. The Bertz CT molecular complexity index is 652. The first-order valence-electron chi connectivity index (χ1n) is 6.67. The summed E-state index contributed by atoms with van der Waals surface area (Å²) in [7, 11) is 0. The lowest BCUT2D eigenvalue weighted by molar-refractivity contribution is 0.613. The first kappa shape index (κ1) is 14.8. The van der Waals surface area contributed by atoms with Gasteiger partial charge in [0, 0.05) is 13.1 Å². The average molecular weight is 336 g/mol. The Balaban J connectivity index is 2.04. The van der Waals surface area contributed by atoms with Gasteiger partial charge in [-0.05, 0) is 47.3 Å². The molecule has 1 aromatic heterocycles. The van der Waals surface area contributed by atoms with Crippen LogP contribution in [0, 0.1) is 6.92 Å². The summed E-state index contributed by atoms with van der Waals surface area (Å²) in [5, 5.41) is 7.37. The fraction of sp³-hybridized carbons (Fsp3) is 0.333. The molecule has 20 heavy (non-hydrogen) atoms. The van der Waals surface area contributed by atoms with Crippen molar-refractivity contribution in [2.75, 3.05) is 11.9 Å². The number of nitrogens with one attached hydrogen (secondary N) is 1. The molecule has 0 radical (unpaired) electrons. The van der Waals surface area contributed by atoms with Gasteiger partial charge in [-0.1, -0.05) is 24.3 Å². The predicted molar refractivity (Wildman–Crippen MR) is 85.2 cm³/mol. The molecule has 0 aliphatic heterocycles. The van der Waals surface area contributed by atoms with Gasteiger partial charge >= 0.3 is 0 Å². The van der Waals surface area contributed by atoms with Gasteiger partial charge in [0.2, 0.25) is 0 Å². The lowest BCUT2D eigenvalue weighted by Crippen LogP contribution is -2.24. The zero-order valence-corrected chi connectivity index (χ0v) is 13.3. The first-order valence-corrected chi connectivity index (χ1v) is 7.46. The fourth-order valence-electron chi connectivity index (χ4n) is 2.04. The summed E-state index contributed by atoms with van der Waals surface area (Å²) < 4.78 is 1.97. The molecule has 0 fully saturated rings. The Hall–Kier alpha value is -1.62. The van der Waals surface area contributed by atoms with Crippen molar-refractivity contribution in [2.45, 2.75) is 26.8 Å². The standard InChI is InChI=1S/C15H18BrN3O/c1-3-19-15(20)14(16)13(10-18-19)17-9-8-12-7-5-4-6-11(12)2/h4-7,10,17H,3,8-9H2,1-2H3. The highest BCUT2D eigenvalue weighted by molar-refractivity contribution is 9.10. The molecule has 5 heteroatoms. The van der Waals surface area contributed by atoms with Crippen molar-refractivity contribution in [3.8, 4) is 0 Å². The quantitative estimate of drug-likeness (QED) is 0.913. The molecule has 106 valence electrons. The highest BCUT2D eigenvalue weighted by atomic mass is 79.9. The average Bonchev–Trinajstić information content (AvgIpc) is 2.46. The van der Waals surface area contributed by atoms with E-state index < -0.39 is 0 Å². The molecule has 1 N–H and O–H groups in total. The summed E-state index contributed by atoms with van der Waals surface area (Å²) in [6.07, 6.45) is 2.60. The highest BCUT2D eigenvalue weighted by Gasteiger charge is 2.07. The molecule has 0 aliphatic carbocycles. The number of anilines is 1. The van der Waals surface area contributed by atoms with E-state index in [1.807, 2.05) is 19.1 Å². The van der Waals surface area contributed by atoms with E-state index in [0.29, 0.717) is 11.0 Å². The Morgan fingerprint density at radius 3 is 2.80 bits per heavy atom. The second kappa shape index (κ2) is 6.70. The Labute approximate surface area is 127 Å². The van der Waals surface area contributed by atoms with Crippen LogP contribution in [0.15, 0.2) is 39.7 Å². The number of aromatic nitrogens is 2. The minimum Gasteiger partial charge on any atom is -0.382 e. The van der Waals surface area contributed by atoms with E-state index in [-0.39, 0.29) is 5.56 Å². The van der Waals surface area contributed by atoms with Crippen molar-refractivity contribution in [3.63, 3.8) is 0 Å². The largest absolute Gasteiger partial charge is 0.382 e. The number of benzene rings is 1. The second-order valence-electron chi connectivity index (χ2n) is 4.60. The van der Waals surface area contributed by atoms with Gasteiger partial charge in [0.1, 0.15) is 4.47 Å². The first-order chi connectivity index (χ1) is 9.63. The van der Waals surface area contributed by atoms with Crippen LogP contribution >= 0.6 is 15.9 Å². The number of hydrogen-bond donors (Lipinski definition) is 1. The van der Waals surface area contributed by atoms with Gasteiger partial charge in [-0.2, -0.15) is 5.10 Å². The Morgan fingerprint density at radius 1 is 1.35 bits per heavy atom. The smallest absolute Gasteiger partial charge is 0.283 e. The van der Waals surface area contributed by atoms with Crippen LogP contribution in [-0.2, 0) is 13.0 Å². The van der Waals surface area contributed by atoms with Gasteiger partial charge in [0.25, 0.3) is 5.56 Å². The van der Waals surface area contributed by atoms with Crippen molar-refractivity contribution in [1.82, 2.24) is 9.78 Å². The van der Waals surface area contributed by atoms with E-state index >= 15 is 0 Å². The summed E-state index contributed by atoms with van der Waals surface area (Å²) in [5.41, 5.74) is 3.24. The zero-order valence-electron chi connectivity index (χ0n) is 11.7. The van der Waals surface area contributed by atoms with Crippen LogP contribution in [0.1, 0.15) is 18.1 Å². The van der Waals surface area contributed by atoms with Crippen molar-refractivity contribution < 1.29 is 0 Å². The van der Waals surface area contributed by atoms with Crippen molar-refractivity contribution in [3.05, 3.63) is 56.4 Å². The van der Waals surface area contributed by atoms with Crippen LogP contribution in [0.3, 0.4) is 0 Å². The Kier molecular flexibility index (Phi) is 4.95. The predicted octanol–water partition coefficient (Wildman–Crippen LogP) is 2.99. The van der Waals surface area contributed by atoms with Crippen LogP contribution in [0.4, 0.5) is 5.69 Å². The highest BCUT2D eigenvalue weighted by Crippen LogP contribution is 2.16. The number of hydrogen-bond acceptors (Lipinski definition) is 3. The van der Waals surface area contributed by atoms with Crippen molar-refractivity contribution in [2.24, 2.45) is 0 Å². The third-order valence-corrected chi connectivity index (χ3v) is 4.02. The molecular formula is C15H18BrN3O. The molecule has 0 bridgehead atoms. The van der Waals surface area contributed by atoms with Gasteiger partial charge in [0.15, 0.2) is 0 Å². The maximum absolute atomic E-state index is 11.9. The monoisotopic (exact) mass is 335 g/mol. The van der Waals surface area contributed by atoms with E-state index in [1.54, 1.807) is 6.20 Å². The normalized spacial score (nSPS) is 10.6. The fourth-order valence-corrected chi connectivity index (χ4v) is 2.48. The molecule has 0 amide bonds. The van der Waals surface area contributed by atoms with Gasteiger partial charge < -0.3 is 5.32 Å². The molecule has 4 nitrogen and oxygen atoms in total. The molecule has 0 saturated heterocycles. The summed E-state index contributed by atoms with van der Waals surface area (Å²) >= 11 is 3.34. The summed E-state index contributed by atoms with van der Waals surface area (Å²) in [5.74, 6) is 0. The summed E-state index contributed by atoms with van der Waals surface area (Å²) in [6.45, 7) is 5.34. The lowest BCUT2D eigenvalue weighted by atomic mass is 10.1. The maximum Gasteiger partial charge on any atom is 0.283 e. The van der Waals surface area contributed by atoms with Crippen LogP contribution in [0.5, 0.6) is 0 Å². The number of halogens is 1. The lowest BCUT2D eigenvalue weighted by Gasteiger charge is -2.10. The van der Waals surface area contributed by atoms with E-state index in [1.165, 1.54) is 15.8 Å². The van der Waals surface area contributed by atoms with Gasteiger partial charge in [-0.15, -0.1) is 0 Å². The van der Waals surface area contributed by atoms with E-state index in [2.05, 4.69) is 45.4 Å². The zero-order chi connectivity index (χ0) is 14.5. The molecule has 0 aliphatic rings. The molecule has 0 spiro atoms.